The number of Topliss-reactive ketones (excluding diaryl/α,β-unsaturated/α-hetero) is 1. The summed E-state index contributed by atoms with van der Waals surface area (Å²) in [5, 5.41) is 7.43. The standard InChI is InChI=1S/C32H37N5O6/c1-19-9-10-24-14-28(19)43-25-8-6-7-23(13-25)18-42-27-11-12-36(15-26(27)33-29(39)16-35(5)32(24)41)30(40)17-37-21(3)31(22(4)38)20(2)34-37/h6-10,13-14,26-27H,11-12,15-18H2,1-5H3,(H,33,39)/t26-,27+/m0/s1. The Kier molecular flexibility index (Phi) is 8.63. The number of aryl methyl sites for hydroxylation is 2. The fourth-order valence-electron chi connectivity index (χ4n) is 5.72. The summed E-state index contributed by atoms with van der Waals surface area (Å²) in [6, 6.07) is 12.3. The molecule has 1 fully saturated rings. The largest absolute Gasteiger partial charge is 0.457 e. The lowest BCUT2D eigenvalue weighted by Gasteiger charge is -2.39. The molecule has 4 bridgehead atoms. The first-order valence-corrected chi connectivity index (χ1v) is 14.4. The van der Waals surface area contributed by atoms with Gasteiger partial charge in [0.2, 0.25) is 11.8 Å². The van der Waals surface area contributed by atoms with Gasteiger partial charge in [0.25, 0.3) is 5.91 Å². The van der Waals surface area contributed by atoms with Crippen molar-refractivity contribution in [1.29, 1.82) is 0 Å². The number of aromatic nitrogens is 2. The smallest absolute Gasteiger partial charge is 0.254 e. The number of fused-ring (bicyclic) bond motifs is 5. The number of carbonyl (C=O) groups excluding carboxylic acids is 4. The number of likely N-dealkylation sites (tertiary alicyclic amines) is 1. The minimum atomic E-state index is -0.500. The number of hydrogen-bond acceptors (Lipinski definition) is 7. The van der Waals surface area contributed by atoms with Gasteiger partial charge < -0.3 is 24.6 Å². The fourth-order valence-corrected chi connectivity index (χ4v) is 5.72. The van der Waals surface area contributed by atoms with Gasteiger partial charge in [-0.25, -0.2) is 0 Å². The van der Waals surface area contributed by atoms with Crippen LogP contribution in [0.2, 0.25) is 0 Å². The van der Waals surface area contributed by atoms with E-state index < -0.39 is 6.04 Å². The summed E-state index contributed by atoms with van der Waals surface area (Å²) in [6.45, 7) is 7.70. The Morgan fingerprint density at radius 1 is 1.09 bits per heavy atom. The van der Waals surface area contributed by atoms with E-state index in [-0.39, 0.29) is 49.2 Å². The second-order valence-electron chi connectivity index (χ2n) is 11.3. The van der Waals surface area contributed by atoms with Crippen molar-refractivity contribution in [2.75, 3.05) is 26.7 Å². The van der Waals surface area contributed by atoms with Crippen LogP contribution in [-0.2, 0) is 27.5 Å². The van der Waals surface area contributed by atoms with Crippen molar-refractivity contribution in [2.24, 2.45) is 0 Å². The quantitative estimate of drug-likeness (QED) is 0.467. The van der Waals surface area contributed by atoms with Crippen LogP contribution in [0.3, 0.4) is 0 Å². The SMILES string of the molecule is CC(=O)c1c(C)nn(CC(=O)N2CC[C@H]3OCc4cccc(c4)Oc4cc(ccc4C)C(=O)N(C)CC(=O)N[C@H]3C2)c1C. The molecule has 2 aliphatic heterocycles. The molecule has 11 heteroatoms. The Labute approximate surface area is 250 Å². The van der Waals surface area contributed by atoms with Crippen molar-refractivity contribution in [3.05, 3.63) is 76.1 Å². The molecule has 1 N–H and O–H groups in total. The van der Waals surface area contributed by atoms with Gasteiger partial charge in [0.05, 0.1) is 36.6 Å². The Hall–Kier alpha value is -4.51. The van der Waals surface area contributed by atoms with Crippen LogP contribution in [-0.4, -0.2) is 81.9 Å². The number of likely N-dealkylation sites (N-methyl/N-ethyl adjacent to an activating group) is 1. The Morgan fingerprint density at radius 3 is 2.63 bits per heavy atom. The van der Waals surface area contributed by atoms with Gasteiger partial charge in [-0.2, -0.15) is 5.10 Å². The van der Waals surface area contributed by atoms with Crippen LogP contribution in [0, 0.1) is 20.8 Å². The molecule has 2 aliphatic rings. The van der Waals surface area contributed by atoms with Gasteiger partial charge >= 0.3 is 0 Å². The number of carbonyl (C=O) groups is 4. The number of hydrogen-bond donors (Lipinski definition) is 1. The van der Waals surface area contributed by atoms with Gasteiger partial charge in [0.1, 0.15) is 18.0 Å². The highest BCUT2D eigenvalue weighted by Gasteiger charge is 2.34. The van der Waals surface area contributed by atoms with Gasteiger partial charge in [0.15, 0.2) is 5.78 Å². The first kappa shape index (κ1) is 30.0. The molecule has 226 valence electrons. The van der Waals surface area contributed by atoms with Crippen molar-refractivity contribution < 1.29 is 28.7 Å². The Morgan fingerprint density at radius 2 is 1.88 bits per heavy atom. The van der Waals surface area contributed by atoms with Gasteiger partial charge in [0, 0.05) is 31.4 Å². The molecule has 0 spiro atoms. The third-order valence-corrected chi connectivity index (χ3v) is 8.02. The maximum Gasteiger partial charge on any atom is 0.254 e. The van der Waals surface area contributed by atoms with E-state index in [4.69, 9.17) is 9.47 Å². The number of ketones is 1. The van der Waals surface area contributed by atoms with Crippen molar-refractivity contribution >= 4 is 23.5 Å². The zero-order valence-electron chi connectivity index (χ0n) is 25.2. The number of ether oxygens (including phenoxy) is 2. The van der Waals surface area contributed by atoms with E-state index in [1.54, 1.807) is 42.6 Å². The van der Waals surface area contributed by atoms with Crippen LogP contribution in [0.4, 0.5) is 0 Å². The molecule has 11 nitrogen and oxygen atoms in total. The van der Waals surface area contributed by atoms with Crippen LogP contribution >= 0.6 is 0 Å². The molecule has 0 saturated carbocycles. The zero-order valence-corrected chi connectivity index (χ0v) is 25.2. The predicted octanol–water partition coefficient (Wildman–Crippen LogP) is 3.19. The van der Waals surface area contributed by atoms with Crippen molar-refractivity contribution in [3.63, 3.8) is 0 Å². The maximum absolute atomic E-state index is 13.4. The minimum absolute atomic E-state index is 0.0191. The molecule has 3 heterocycles. The van der Waals surface area contributed by atoms with E-state index in [1.807, 2.05) is 37.3 Å². The van der Waals surface area contributed by atoms with Gasteiger partial charge in [-0.1, -0.05) is 18.2 Å². The highest BCUT2D eigenvalue weighted by Crippen LogP contribution is 2.28. The third kappa shape index (κ3) is 6.61. The third-order valence-electron chi connectivity index (χ3n) is 8.02. The van der Waals surface area contributed by atoms with Crippen LogP contribution in [0.15, 0.2) is 42.5 Å². The highest BCUT2D eigenvalue weighted by molar-refractivity contribution is 5.97. The molecule has 3 aromatic rings. The van der Waals surface area contributed by atoms with Crippen LogP contribution < -0.4 is 10.1 Å². The molecule has 2 aromatic carbocycles. The molecule has 3 amide bonds. The molecule has 0 unspecified atom stereocenters. The van der Waals surface area contributed by atoms with Crippen LogP contribution in [0.5, 0.6) is 11.5 Å². The first-order valence-electron chi connectivity index (χ1n) is 14.4. The number of benzene rings is 2. The van der Waals surface area contributed by atoms with E-state index >= 15 is 0 Å². The molecule has 1 saturated heterocycles. The minimum Gasteiger partial charge on any atom is -0.457 e. The normalized spacial score (nSPS) is 19.4. The lowest BCUT2D eigenvalue weighted by molar-refractivity contribution is -0.138. The van der Waals surface area contributed by atoms with Gasteiger partial charge in [-0.05, 0) is 69.5 Å². The Bertz CT molecular complexity index is 1580. The lowest BCUT2D eigenvalue weighted by atomic mass is 10.0. The predicted molar refractivity (Wildman–Crippen MR) is 158 cm³/mol. The van der Waals surface area contributed by atoms with E-state index in [0.29, 0.717) is 53.6 Å². The molecule has 5 rings (SSSR count). The summed E-state index contributed by atoms with van der Waals surface area (Å²) in [7, 11) is 1.57. The monoisotopic (exact) mass is 587 g/mol. The topological polar surface area (TPSA) is 123 Å². The second kappa shape index (κ2) is 12.4. The molecule has 0 aliphatic carbocycles. The van der Waals surface area contributed by atoms with E-state index in [9.17, 15) is 19.2 Å². The fraction of sp³-hybridized carbons (Fsp3) is 0.406. The summed E-state index contributed by atoms with van der Waals surface area (Å²) < 4.78 is 14.0. The number of nitrogens with one attached hydrogen (secondary N) is 1. The second-order valence-corrected chi connectivity index (χ2v) is 11.3. The summed E-state index contributed by atoms with van der Waals surface area (Å²) in [5.41, 5.74) is 3.94. The lowest BCUT2D eigenvalue weighted by Crippen LogP contribution is -2.58. The molecular weight excluding hydrogens is 550 g/mol. The molecule has 0 radical (unpaired) electrons. The number of piperidine rings is 1. The van der Waals surface area contributed by atoms with Gasteiger partial charge in [-0.3, -0.25) is 23.9 Å². The van der Waals surface area contributed by atoms with Crippen LogP contribution in [0.25, 0.3) is 0 Å². The average molecular weight is 588 g/mol. The number of nitrogens with zero attached hydrogens (tertiary/aromatic N) is 4. The molecule has 1 aromatic heterocycles. The summed E-state index contributed by atoms with van der Waals surface area (Å²) in [6.07, 6.45) is 0.140. The van der Waals surface area contributed by atoms with E-state index in [1.165, 1.54) is 11.8 Å². The van der Waals surface area contributed by atoms with Crippen molar-refractivity contribution in [1.82, 2.24) is 24.9 Å². The van der Waals surface area contributed by atoms with E-state index in [2.05, 4.69) is 10.4 Å². The summed E-state index contributed by atoms with van der Waals surface area (Å²) in [5.74, 6) is 0.243. The Balaban J connectivity index is 1.37. The first-order chi connectivity index (χ1) is 20.5. The maximum atomic E-state index is 13.4. The van der Waals surface area contributed by atoms with E-state index in [0.717, 1.165) is 11.1 Å². The summed E-state index contributed by atoms with van der Waals surface area (Å²) >= 11 is 0. The van der Waals surface area contributed by atoms with Crippen molar-refractivity contribution in [3.8, 4) is 11.5 Å². The summed E-state index contributed by atoms with van der Waals surface area (Å²) in [4.78, 5) is 54.9. The van der Waals surface area contributed by atoms with Crippen molar-refractivity contribution in [2.45, 2.75) is 59.4 Å². The number of rotatable bonds is 3. The molecule has 2 atom stereocenters. The highest BCUT2D eigenvalue weighted by atomic mass is 16.5. The zero-order chi connectivity index (χ0) is 30.8. The average Bonchev–Trinajstić information content (AvgIpc) is 3.24. The molecule has 43 heavy (non-hydrogen) atoms. The van der Waals surface area contributed by atoms with Gasteiger partial charge in [-0.15, -0.1) is 0 Å². The van der Waals surface area contributed by atoms with Crippen LogP contribution in [0.1, 0.15) is 56.6 Å². The molecular formula is C32H37N5O6. The number of amides is 3.